The summed E-state index contributed by atoms with van der Waals surface area (Å²) < 4.78 is 124. The van der Waals surface area contributed by atoms with Gasteiger partial charge in [-0.2, -0.15) is 26.3 Å². The van der Waals surface area contributed by atoms with E-state index in [1.165, 1.54) is 6.07 Å². The molecule has 1 fully saturated rings. The van der Waals surface area contributed by atoms with Gasteiger partial charge in [0.25, 0.3) is 11.8 Å². The summed E-state index contributed by atoms with van der Waals surface area (Å²) >= 11 is 18.5. The number of aromatic nitrogens is 1. The minimum atomic E-state index is -5.04. The zero-order valence-electron chi connectivity index (χ0n) is 23.5. The highest BCUT2D eigenvalue weighted by atomic mass is 35.5. The Kier molecular flexibility index (Phi) is 9.33. The van der Waals surface area contributed by atoms with Gasteiger partial charge in [-0.25, -0.2) is 13.2 Å². The Hall–Kier alpha value is -4.48. The van der Waals surface area contributed by atoms with Crippen molar-refractivity contribution in [3.63, 3.8) is 0 Å². The molecule has 1 saturated carbocycles. The average Bonchev–Trinajstić information content (AvgIpc) is 3.31. The molecule has 0 unspecified atom stereocenters. The van der Waals surface area contributed by atoms with Gasteiger partial charge in [-0.1, -0.05) is 22.8 Å². The molecule has 258 valence electrons. The largest absolute Gasteiger partial charge is 0.436 e. The summed E-state index contributed by atoms with van der Waals surface area (Å²) in [5.74, 6) is -11.6. The number of alkyl halides is 8. The molecule has 49 heavy (non-hydrogen) atoms. The molecular weight excluding hydrogens is 746 g/mol. The highest BCUT2D eigenvalue weighted by Gasteiger charge is 2.67. The maximum absolute atomic E-state index is 15.2. The number of hydrogen-bond donors (Lipinski definition) is 3. The van der Waals surface area contributed by atoms with Gasteiger partial charge < -0.3 is 20.5 Å². The minimum absolute atomic E-state index is 0.109. The Morgan fingerprint density at radius 2 is 1.47 bits per heavy atom. The van der Waals surface area contributed by atoms with Gasteiger partial charge in [-0.3, -0.25) is 14.4 Å². The Balaban J connectivity index is 1.31. The van der Waals surface area contributed by atoms with Crippen LogP contribution in [0.15, 0.2) is 59.1 Å². The van der Waals surface area contributed by atoms with Crippen LogP contribution in [0.5, 0.6) is 0 Å². The Labute approximate surface area is 282 Å². The third kappa shape index (κ3) is 7.28. The van der Waals surface area contributed by atoms with Crippen molar-refractivity contribution >= 4 is 69.6 Å². The molecule has 1 aromatic heterocycles. The van der Waals surface area contributed by atoms with E-state index < -0.39 is 92.1 Å². The van der Waals surface area contributed by atoms with Crippen molar-refractivity contribution in [2.75, 3.05) is 16.0 Å². The molecule has 20 heteroatoms. The molecule has 3 aromatic carbocycles. The number of rotatable bonds is 7. The summed E-state index contributed by atoms with van der Waals surface area (Å²) in [4.78, 5) is 38.4. The van der Waals surface area contributed by atoms with E-state index in [1.807, 2.05) is 0 Å². The van der Waals surface area contributed by atoms with Crippen molar-refractivity contribution in [3.05, 3.63) is 105 Å². The van der Waals surface area contributed by atoms with Crippen LogP contribution in [-0.2, 0) is 17.1 Å². The van der Waals surface area contributed by atoms with Gasteiger partial charge in [-0.05, 0) is 48.0 Å². The van der Waals surface area contributed by atoms with Crippen LogP contribution in [0.2, 0.25) is 5.02 Å². The lowest BCUT2D eigenvalue weighted by molar-refractivity contribution is -0.143. The lowest BCUT2D eigenvalue weighted by Crippen LogP contribution is -2.19. The van der Waals surface area contributed by atoms with Crippen LogP contribution < -0.4 is 16.0 Å². The Morgan fingerprint density at radius 3 is 2.10 bits per heavy atom. The fourth-order valence-corrected chi connectivity index (χ4v) is 5.69. The van der Waals surface area contributed by atoms with E-state index in [0.29, 0.717) is 18.2 Å². The van der Waals surface area contributed by atoms with Crippen molar-refractivity contribution in [3.8, 4) is 0 Å². The molecule has 5 rings (SSSR count). The number of carbonyl (C=O) groups excluding carboxylic acids is 3. The van der Waals surface area contributed by atoms with E-state index in [1.54, 1.807) is 5.32 Å². The molecule has 0 spiro atoms. The van der Waals surface area contributed by atoms with Crippen LogP contribution >= 0.6 is 34.8 Å². The molecule has 0 aliphatic heterocycles. The summed E-state index contributed by atoms with van der Waals surface area (Å²) in [6, 6.07) is 6.98. The molecule has 0 radical (unpaired) electrons. The third-order valence-corrected chi connectivity index (χ3v) is 8.34. The van der Waals surface area contributed by atoms with Crippen LogP contribution in [0.3, 0.4) is 0 Å². The third-order valence-electron chi connectivity index (χ3n) is 7.07. The molecule has 3 amide bonds. The average molecular weight is 760 g/mol. The number of amides is 3. The first kappa shape index (κ1) is 35.8. The van der Waals surface area contributed by atoms with Gasteiger partial charge in [0.05, 0.1) is 27.8 Å². The highest BCUT2D eigenvalue weighted by Crippen LogP contribution is 2.65. The van der Waals surface area contributed by atoms with Gasteiger partial charge in [0.1, 0.15) is 21.7 Å². The number of benzene rings is 3. The lowest BCUT2D eigenvalue weighted by atomic mass is 10.0. The first-order valence-electron chi connectivity index (χ1n) is 13.2. The van der Waals surface area contributed by atoms with Gasteiger partial charge in [0.15, 0.2) is 11.5 Å². The first-order chi connectivity index (χ1) is 22.7. The summed E-state index contributed by atoms with van der Waals surface area (Å²) in [6.45, 7) is 0. The number of nitrogens with one attached hydrogen (secondary N) is 3. The van der Waals surface area contributed by atoms with E-state index in [2.05, 4.69) is 20.3 Å². The minimum Gasteiger partial charge on any atom is -0.350 e. The zero-order chi connectivity index (χ0) is 36.2. The monoisotopic (exact) mass is 758 g/mol. The fraction of sp³-hybridized carbons (Fsp3) is 0.172. The molecule has 1 aliphatic carbocycles. The Morgan fingerprint density at radius 1 is 0.796 bits per heavy atom. The van der Waals surface area contributed by atoms with E-state index in [4.69, 9.17) is 34.8 Å². The molecule has 4 aromatic rings. The van der Waals surface area contributed by atoms with Gasteiger partial charge in [0, 0.05) is 17.7 Å². The molecular formula is C29H14Cl3F9N4O4. The maximum atomic E-state index is 15.2. The smallest absolute Gasteiger partial charge is 0.350 e. The number of nitrogens with zero attached hydrogens (tertiary/aromatic N) is 1. The molecule has 1 aliphatic rings. The second-order valence-electron chi connectivity index (χ2n) is 10.3. The second-order valence-corrected chi connectivity index (χ2v) is 12.2. The summed E-state index contributed by atoms with van der Waals surface area (Å²) in [7, 11) is 0. The molecule has 0 saturated heterocycles. The predicted octanol–water partition coefficient (Wildman–Crippen LogP) is 8.81. The highest BCUT2D eigenvalue weighted by molar-refractivity contribution is 6.53. The molecule has 3 N–H and O–H groups in total. The second kappa shape index (κ2) is 12.8. The molecule has 8 nitrogen and oxygen atoms in total. The topological polar surface area (TPSA) is 113 Å². The van der Waals surface area contributed by atoms with Crippen LogP contribution in [0.4, 0.5) is 56.6 Å². The number of carbonyl (C=O) groups is 3. The maximum Gasteiger partial charge on any atom is 0.436 e. The summed E-state index contributed by atoms with van der Waals surface area (Å²) in [6.07, 6.45) is -10.0. The molecule has 2 atom stereocenters. The normalized spacial score (nSPS) is 17.0. The van der Waals surface area contributed by atoms with Crippen molar-refractivity contribution in [2.24, 2.45) is 5.92 Å². The van der Waals surface area contributed by atoms with Crippen molar-refractivity contribution in [2.45, 2.75) is 22.6 Å². The van der Waals surface area contributed by atoms with Crippen LogP contribution in [0.25, 0.3) is 0 Å². The Bertz CT molecular complexity index is 2000. The number of halogens is 12. The van der Waals surface area contributed by atoms with Gasteiger partial charge in [-0.15, -0.1) is 23.2 Å². The van der Waals surface area contributed by atoms with E-state index in [-0.39, 0.29) is 27.9 Å². The quantitative estimate of drug-likeness (QED) is 0.129. The number of hydrogen-bond acceptors (Lipinski definition) is 5. The number of anilines is 3. The zero-order valence-corrected chi connectivity index (χ0v) is 25.7. The van der Waals surface area contributed by atoms with Crippen molar-refractivity contribution in [1.29, 1.82) is 0 Å². The van der Waals surface area contributed by atoms with Crippen molar-refractivity contribution < 1.29 is 58.4 Å². The van der Waals surface area contributed by atoms with Gasteiger partial charge in [0.2, 0.25) is 11.7 Å². The van der Waals surface area contributed by atoms with Crippen LogP contribution in [0.1, 0.15) is 43.7 Å². The lowest BCUT2D eigenvalue weighted by Gasteiger charge is -2.13. The van der Waals surface area contributed by atoms with Crippen LogP contribution in [0, 0.1) is 23.4 Å². The van der Waals surface area contributed by atoms with E-state index >= 15 is 4.39 Å². The van der Waals surface area contributed by atoms with Crippen LogP contribution in [-0.4, -0.2) is 27.2 Å². The van der Waals surface area contributed by atoms with E-state index in [9.17, 15) is 49.5 Å². The van der Waals surface area contributed by atoms with E-state index in [0.717, 1.165) is 24.3 Å². The first-order valence-corrected chi connectivity index (χ1v) is 14.3. The standard InChI is InChI=1S/C29H14Cl3F9N4O4/c30-14-3-2-11(42-26(48)21-20(27(21,31)32)10-1-4-15(33)13(7-10)28(36,37)38)8-12(14)24(46)43-17-6-5-16(34)23(22(17)35)44-25(47)18-9-19(45-49-18)29(39,40)41/h1-9,20-21H,(H,42,48)(H,43,46)(H,44,47)/t20-,21+/m0/s1. The summed E-state index contributed by atoms with van der Waals surface area (Å²) in [5.41, 5.74) is -5.74. The van der Waals surface area contributed by atoms with Crippen molar-refractivity contribution in [1.82, 2.24) is 5.16 Å². The summed E-state index contributed by atoms with van der Waals surface area (Å²) in [5, 5.41) is 8.57. The SMILES string of the molecule is O=C(Nc1c(F)ccc(NC(=O)c2cc(NC(=O)[C@H]3[C@H](c4ccc(F)c(C(F)(F)F)c4)C3(Cl)Cl)ccc2Cl)c1F)c1cc(C(F)(F)F)no1. The fourth-order valence-electron chi connectivity index (χ4n) is 4.66. The predicted molar refractivity (Wildman–Crippen MR) is 156 cm³/mol. The molecule has 0 bridgehead atoms. The molecule has 1 heterocycles. The van der Waals surface area contributed by atoms with Gasteiger partial charge >= 0.3 is 12.4 Å².